The van der Waals surface area contributed by atoms with E-state index in [0.717, 1.165) is 16.8 Å². The third kappa shape index (κ3) is 5.62. The normalized spacial score (nSPS) is 10.7. The Kier molecular flexibility index (Phi) is 6.62. The minimum absolute atomic E-state index is 0.125. The van der Waals surface area contributed by atoms with E-state index in [2.05, 4.69) is 10.6 Å². The highest BCUT2D eigenvalue weighted by molar-refractivity contribution is 6.34. The standard InChI is InChI=1S/C19H18Cl2N2O2/c1-12-4-3-5-13(2)19(12)23-18(25)11-22-17(24)9-6-14-10-15(20)7-8-16(14)21/h3-10H,11H2,1-2H3,(H,22,24)(H,23,25). The summed E-state index contributed by atoms with van der Waals surface area (Å²) in [5.41, 5.74) is 3.33. The molecule has 4 nitrogen and oxygen atoms in total. The molecule has 2 aromatic carbocycles. The Hall–Kier alpha value is -2.30. The van der Waals surface area contributed by atoms with Crippen molar-refractivity contribution in [2.24, 2.45) is 0 Å². The molecule has 0 heterocycles. The van der Waals surface area contributed by atoms with E-state index in [1.54, 1.807) is 24.3 Å². The minimum Gasteiger partial charge on any atom is -0.343 e. The Labute approximate surface area is 156 Å². The quantitative estimate of drug-likeness (QED) is 0.760. The molecule has 6 heteroatoms. The van der Waals surface area contributed by atoms with Gasteiger partial charge in [-0.1, -0.05) is 41.4 Å². The number of benzene rings is 2. The molecule has 0 aliphatic carbocycles. The van der Waals surface area contributed by atoms with Crippen LogP contribution in [0.2, 0.25) is 10.0 Å². The average molecular weight is 377 g/mol. The first kappa shape index (κ1) is 19.0. The molecule has 0 aliphatic rings. The predicted octanol–water partition coefficient (Wildman–Crippen LogP) is 4.38. The van der Waals surface area contributed by atoms with Crippen LogP contribution in [0.3, 0.4) is 0 Å². The number of carbonyl (C=O) groups excluding carboxylic acids is 2. The Morgan fingerprint density at radius 1 is 1.08 bits per heavy atom. The van der Waals surface area contributed by atoms with Crippen molar-refractivity contribution in [1.29, 1.82) is 0 Å². The second-order valence-electron chi connectivity index (χ2n) is 5.53. The van der Waals surface area contributed by atoms with Gasteiger partial charge >= 0.3 is 0 Å². The van der Waals surface area contributed by atoms with Crippen LogP contribution in [0.25, 0.3) is 6.08 Å². The smallest absolute Gasteiger partial charge is 0.244 e. The number of hydrogen-bond donors (Lipinski definition) is 2. The van der Waals surface area contributed by atoms with Gasteiger partial charge in [0.25, 0.3) is 0 Å². The van der Waals surface area contributed by atoms with Crippen LogP contribution in [0.5, 0.6) is 0 Å². The van der Waals surface area contributed by atoms with E-state index < -0.39 is 5.91 Å². The fourth-order valence-corrected chi connectivity index (χ4v) is 2.59. The fourth-order valence-electron chi connectivity index (χ4n) is 2.23. The van der Waals surface area contributed by atoms with Crippen LogP contribution in [0.15, 0.2) is 42.5 Å². The van der Waals surface area contributed by atoms with Gasteiger partial charge < -0.3 is 10.6 Å². The monoisotopic (exact) mass is 376 g/mol. The van der Waals surface area contributed by atoms with E-state index in [1.807, 2.05) is 32.0 Å². The maximum atomic E-state index is 12.0. The van der Waals surface area contributed by atoms with Crippen LogP contribution in [0.1, 0.15) is 16.7 Å². The van der Waals surface area contributed by atoms with Gasteiger partial charge in [-0.05, 0) is 54.8 Å². The molecule has 0 unspecified atom stereocenters. The summed E-state index contributed by atoms with van der Waals surface area (Å²) in [5, 5.41) is 6.35. The molecule has 0 aliphatic heterocycles. The molecule has 0 saturated heterocycles. The number of hydrogen-bond acceptors (Lipinski definition) is 2. The molecule has 2 aromatic rings. The van der Waals surface area contributed by atoms with E-state index in [-0.39, 0.29) is 12.5 Å². The van der Waals surface area contributed by atoms with Gasteiger partial charge in [-0.3, -0.25) is 9.59 Å². The summed E-state index contributed by atoms with van der Waals surface area (Å²) in [7, 11) is 0. The van der Waals surface area contributed by atoms with Crippen molar-refractivity contribution >= 4 is 46.8 Å². The van der Waals surface area contributed by atoms with Gasteiger partial charge in [-0.2, -0.15) is 0 Å². The van der Waals surface area contributed by atoms with Crippen LogP contribution < -0.4 is 10.6 Å². The first-order valence-corrected chi connectivity index (χ1v) is 8.39. The van der Waals surface area contributed by atoms with Gasteiger partial charge in [0.05, 0.1) is 6.54 Å². The average Bonchev–Trinajstić information content (AvgIpc) is 2.57. The largest absolute Gasteiger partial charge is 0.343 e. The van der Waals surface area contributed by atoms with Crippen molar-refractivity contribution in [2.75, 3.05) is 11.9 Å². The summed E-state index contributed by atoms with van der Waals surface area (Å²) < 4.78 is 0. The molecular formula is C19H18Cl2N2O2. The number of anilines is 1. The zero-order chi connectivity index (χ0) is 18.4. The third-order valence-electron chi connectivity index (χ3n) is 3.54. The van der Waals surface area contributed by atoms with Gasteiger partial charge in [-0.15, -0.1) is 0 Å². The number of aryl methyl sites for hydroxylation is 2. The molecule has 0 spiro atoms. The van der Waals surface area contributed by atoms with Crippen LogP contribution in [0.4, 0.5) is 5.69 Å². The Balaban J connectivity index is 1.90. The molecule has 2 N–H and O–H groups in total. The lowest BCUT2D eigenvalue weighted by Crippen LogP contribution is -2.32. The summed E-state index contributed by atoms with van der Waals surface area (Å²) in [6, 6.07) is 10.7. The molecular weight excluding hydrogens is 359 g/mol. The lowest BCUT2D eigenvalue weighted by molar-refractivity contribution is -0.121. The van der Waals surface area contributed by atoms with Gasteiger partial charge in [0.15, 0.2) is 0 Å². The number of rotatable bonds is 5. The maximum Gasteiger partial charge on any atom is 0.244 e. The second kappa shape index (κ2) is 8.70. The van der Waals surface area contributed by atoms with Gasteiger partial charge in [0.2, 0.25) is 11.8 Å². The van der Waals surface area contributed by atoms with Crippen LogP contribution in [-0.4, -0.2) is 18.4 Å². The van der Waals surface area contributed by atoms with E-state index in [4.69, 9.17) is 23.2 Å². The molecule has 0 aromatic heterocycles. The van der Waals surface area contributed by atoms with E-state index >= 15 is 0 Å². The van der Waals surface area contributed by atoms with E-state index in [0.29, 0.717) is 15.6 Å². The maximum absolute atomic E-state index is 12.0. The second-order valence-corrected chi connectivity index (χ2v) is 6.38. The molecule has 2 amide bonds. The number of nitrogens with one attached hydrogen (secondary N) is 2. The molecule has 130 valence electrons. The number of para-hydroxylation sites is 1. The van der Waals surface area contributed by atoms with Crippen molar-refractivity contribution in [3.8, 4) is 0 Å². The van der Waals surface area contributed by atoms with Crippen molar-refractivity contribution in [3.05, 3.63) is 69.2 Å². The number of amides is 2. The zero-order valence-electron chi connectivity index (χ0n) is 13.9. The highest BCUT2D eigenvalue weighted by Crippen LogP contribution is 2.21. The predicted molar refractivity (Wildman–Crippen MR) is 103 cm³/mol. The SMILES string of the molecule is Cc1cccc(C)c1NC(=O)CNC(=O)C=Cc1cc(Cl)ccc1Cl. The number of carbonyl (C=O) groups is 2. The Morgan fingerprint density at radius 2 is 1.76 bits per heavy atom. The van der Waals surface area contributed by atoms with E-state index in [1.165, 1.54) is 6.08 Å². The van der Waals surface area contributed by atoms with Gasteiger partial charge in [0, 0.05) is 21.8 Å². The highest BCUT2D eigenvalue weighted by Gasteiger charge is 2.08. The Morgan fingerprint density at radius 3 is 2.44 bits per heavy atom. The van der Waals surface area contributed by atoms with Gasteiger partial charge in [0.1, 0.15) is 0 Å². The fraction of sp³-hybridized carbons (Fsp3) is 0.158. The zero-order valence-corrected chi connectivity index (χ0v) is 15.4. The van der Waals surface area contributed by atoms with E-state index in [9.17, 15) is 9.59 Å². The third-order valence-corrected chi connectivity index (χ3v) is 4.12. The first-order valence-electron chi connectivity index (χ1n) is 7.64. The molecule has 0 saturated carbocycles. The molecule has 2 rings (SSSR count). The van der Waals surface area contributed by atoms with Crippen molar-refractivity contribution in [1.82, 2.24) is 5.32 Å². The molecule has 0 bridgehead atoms. The summed E-state index contributed by atoms with van der Waals surface area (Å²) in [6.45, 7) is 3.71. The first-order chi connectivity index (χ1) is 11.9. The van der Waals surface area contributed by atoms with Crippen molar-refractivity contribution in [2.45, 2.75) is 13.8 Å². The topological polar surface area (TPSA) is 58.2 Å². The minimum atomic E-state index is -0.396. The molecule has 0 fully saturated rings. The van der Waals surface area contributed by atoms with Crippen molar-refractivity contribution in [3.63, 3.8) is 0 Å². The summed E-state index contributed by atoms with van der Waals surface area (Å²) in [6.07, 6.45) is 2.86. The van der Waals surface area contributed by atoms with Crippen LogP contribution >= 0.6 is 23.2 Å². The highest BCUT2D eigenvalue weighted by atomic mass is 35.5. The van der Waals surface area contributed by atoms with Crippen molar-refractivity contribution < 1.29 is 9.59 Å². The molecule has 25 heavy (non-hydrogen) atoms. The Bertz CT molecular complexity index is 812. The number of halogens is 2. The van der Waals surface area contributed by atoms with Crippen LogP contribution in [0, 0.1) is 13.8 Å². The lowest BCUT2D eigenvalue weighted by atomic mass is 10.1. The molecule has 0 radical (unpaired) electrons. The van der Waals surface area contributed by atoms with Gasteiger partial charge in [-0.25, -0.2) is 0 Å². The summed E-state index contributed by atoms with van der Waals surface area (Å²) in [5.74, 6) is -0.687. The summed E-state index contributed by atoms with van der Waals surface area (Å²) in [4.78, 5) is 23.9. The lowest BCUT2D eigenvalue weighted by Gasteiger charge is -2.11. The van der Waals surface area contributed by atoms with Crippen LogP contribution in [-0.2, 0) is 9.59 Å². The molecule has 0 atom stereocenters. The summed E-state index contributed by atoms with van der Waals surface area (Å²) >= 11 is 11.9.